The third-order valence-corrected chi connectivity index (χ3v) is 3.86. The Kier molecular flexibility index (Phi) is 5.30. The number of pyridine rings is 1. The number of aromatic nitrogens is 1. The summed E-state index contributed by atoms with van der Waals surface area (Å²) in [5, 5.41) is 5.65. The molecule has 3 aromatic rings. The normalized spacial score (nSPS) is 10.4. The van der Waals surface area contributed by atoms with Crippen molar-refractivity contribution < 1.29 is 13.6 Å². The quantitative estimate of drug-likeness (QED) is 0.700. The van der Waals surface area contributed by atoms with Gasteiger partial charge in [-0.3, -0.25) is 4.79 Å². The Bertz CT molecular complexity index is 941. The Morgan fingerprint density at radius 2 is 1.63 bits per heavy atom. The second kappa shape index (κ2) is 7.82. The summed E-state index contributed by atoms with van der Waals surface area (Å²) in [5.41, 5.74) is 2.42. The van der Waals surface area contributed by atoms with Crippen LogP contribution in [0.25, 0.3) is 0 Å². The lowest BCUT2D eigenvalue weighted by Crippen LogP contribution is -2.12. The fourth-order valence-electron chi connectivity index (χ4n) is 2.37. The van der Waals surface area contributed by atoms with Crippen LogP contribution in [0.3, 0.4) is 0 Å². The summed E-state index contributed by atoms with van der Waals surface area (Å²) >= 11 is 0. The molecule has 3 rings (SSSR count). The number of carbonyl (C=O) groups is 1. The Hall–Kier alpha value is -3.48. The molecule has 5 nitrogen and oxygen atoms in total. The fraction of sp³-hybridized carbons (Fsp3) is 0.100. The minimum absolute atomic E-state index is 0.169. The molecule has 1 heterocycles. The van der Waals surface area contributed by atoms with E-state index in [9.17, 15) is 13.6 Å². The van der Waals surface area contributed by atoms with Gasteiger partial charge in [0.05, 0.1) is 5.56 Å². The topological polar surface area (TPSA) is 57.3 Å². The van der Waals surface area contributed by atoms with Crippen LogP contribution >= 0.6 is 0 Å². The smallest absolute Gasteiger partial charge is 0.257 e. The van der Waals surface area contributed by atoms with Gasteiger partial charge in [-0.15, -0.1) is 0 Å². The first-order valence-corrected chi connectivity index (χ1v) is 8.19. The number of amides is 1. The number of nitrogens with one attached hydrogen (secondary N) is 2. The lowest BCUT2D eigenvalue weighted by atomic mass is 10.2. The van der Waals surface area contributed by atoms with Crippen molar-refractivity contribution in [1.82, 2.24) is 4.98 Å². The van der Waals surface area contributed by atoms with Crippen molar-refractivity contribution in [2.24, 2.45) is 0 Å². The van der Waals surface area contributed by atoms with Crippen LogP contribution in [0, 0.1) is 11.6 Å². The van der Waals surface area contributed by atoms with Crippen molar-refractivity contribution in [3.05, 3.63) is 78.0 Å². The monoisotopic (exact) mass is 368 g/mol. The highest BCUT2D eigenvalue weighted by Gasteiger charge is 2.09. The van der Waals surface area contributed by atoms with Crippen molar-refractivity contribution in [2.45, 2.75) is 0 Å². The van der Waals surface area contributed by atoms with Crippen molar-refractivity contribution in [3.63, 3.8) is 0 Å². The standard InChI is InChI=1S/C20H18F2N4O/c1-26(2)16-7-4-14(5-8-16)24-19-10-3-13(12-23-19)20(27)25-15-6-9-17(21)18(22)11-15/h3-12H,1-2H3,(H,23,24)(H,25,27). The molecule has 0 saturated carbocycles. The average molecular weight is 368 g/mol. The zero-order valence-electron chi connectivity index (χ0n) is 14.8. The van der Waals surface area contributed by atoms with Crippen molar-refractivity contribution in [1.29, 1.82) is 0 Å². The third kappa shape index (κ3) is 4.58. The van der Waals surface area contributed by atoms with Crippen LogP contribution in [0.15, 0.2) is 60.8 Å². The first kappa shape index (κ1) is 18.3. The zero-order chi connectivity index (χ0) is 19.4. The molecule has 27 heavy (non-hydrogen) atoms. The molecule has 0 aliphatic carbocycles. The summed E-state index contributed by atoms with van der Waals surface area (Å²) in [6.07, 6.45) is 1.41. The average Bonchev–Trinajstić information content (AvgIpc) is 2.66. The molecule has 0 saturated heterocycles. The van der Waals surface area contributed by atoms with E-state index in [-0.39, 0.29) is 5.69 Å². The summed E-state index contributed by atoms with van der Waals surface area (Å²) in [7, 11) is 3.93. The highest BCUT2D eigenvalue weighted by Crippen LogP contribution is 2.19. The number of hydrogen-bond acceptors (Lipinski definition) is 4. The van der Waals surface area contributed by atoms with E-state index in [1.807, 2.05) is 43.3 Å². The summed E-state index contributed by atoms with van der Waals surface area (Å²) in [6, 6.07) is 14.3. The van der Waals surface area contributed by atoms with Gasteiger partial charge in [0, 0.05) is 43.4 Å². The molecule has 0 unspecified atom stereocenters. The summed E-state index contributed by atoms with van der Waals surface area (Å²) < 4.78 is 26.1. The van der Waals surface area contributed by atoms with E-state index in [1.165, 1.54) is 12.3 Å². The van der Waals surface area contributed by atoms with Crippen LogP contribution in [0.2, 0.25) is 0 Å². The molecule has 0 aliphatic heterocycles. The first-order chi connectivity index (χ1) is 12.9. The molecule has 2 N–H and O–H groups in total. The summed E-state index contributed by atoms with van der Waals surface area (Å²) in [6.45, 7) is 0. The third-order valence-electron chi connectivity index (χ3n) is 3.86. The number of benzene rings is 2. The van der Waals surface area contributed by atoms with E-state index in [1.54, 1.807) is 12.1 Å². The SMILES string of the molecule is CN(C)c1ccc(Nc2ccc(C(=O)Nc3ccc(F)c(F)c3)cn2)cc1. The van der Waals surface area contributed by atoms with Gasteiger partial charge in [0.1, 0.15) is 5.82 Å². The number of halogens is 2. The number of nitrogens with zero attached hydrogens (tertiary/aromatic N) is 2. The van der Waals surface area contributed by atoms with E-state index in [0.717, 1.165) is 23.5 Å². The summed E-state index contributed by atoms with van der Waals surface area (Å²) in [4.78, 5) is 18.4. The van der Waals surface area contributed by atoms with Gasteiger partial charge in [0.2, 0.25) is 0 Å². The van der Waals surface area contributed by atoms with Crippen LogP contribution in [0.1, 0.15) is 10.4 Å². The van der Waals surface area contributed by atoms with E-state index in [0.29, 0.717) is 11.4 Å². The van der Waals surface area contributed by atoms with Crippen molar-refractivity contribution in [2.75, 3.05) is 29.6 Å². The van der Waals surface area contributed by atoms with E-state index < -0.39 is 17.5 Å². The van der Waals surface area contributed by atoms with Crippen molar-refractivity contribution >= 4 is 28.8 Å². The molecule has 0 bridgehead atoms. The zero-order valence-corrected chi connectivity index (χ0v) is 14.8. The Morgan fingerprint density at radius 1 is 0.926 bits per heavy atom. The Balaban J connectivity index is 1.65. The van der Waals surface area contributed by atoms with Crippen LogP contribution in [0.4, 0.5) is 31.7 Å². The molecule has 0 radical (unpaired) electrons. The maximum atomic E-state index is 13.2. The molecule has 0 spiro atoms. The second-order valence-electron chi connectivity index (χ2n) is 6.08. The Labute approximate surface area is 155 Å². The van der Waals surface area contributed by atoms with Gasteiger partial charge in [-0.1, -0.05) is 0 Å². The van der Waals surface area contributed by atoms with Gasteiger partial charge < -0.3 is 15.5 Å². The molecule has 2 aromatic carbocycles. The predicted molar refractivity (Wildman–Crippen MR) is 103 cm³/mol. The van der Waals surface area contributed by atoms with E-state index in [2.05, 4.69) is 15.6 Å². The minimum Gasteiger partial charge on any atom is -0.378 e. The fourth-order valence-corrected chi connectivity index (χ4v) is 2.37. The predicted octanol–water partition coefficient (Wildman–Crippen LogP) is 4.42. The molecule has 7 heteroatoms. The van der Waals surface area contributed by atoms with Crippen molar-refractivity contribution in [3.8, 4) is 0 Å². The van der Waals surface area contributed by atoms with Gasteiger partial charge in [-0.25, -0.2) is 13.8 Å². The maximum Gasteiger partial charge on any atom is 0.257 e. The second-order valence-corrected chi connectivity index (χ2v) is 6.08. The molecule has 138 valence electrons. The minimum atomic E-state index is -1.02. The van der Waals surface area contributed by atoms with Gasteiger partial charge in [0.25, 0.3) is 5.91 Å². The highest BCUT2D eigenvalue weighted by atomic mass is 19.2. The molecule has 0 atom stereocenters. The largest absolute Gasteiger partial charge is 0.378 e. The van der Waals surface area contributed by atoms with Gasteiger partial charge in [-0.05, 0) is 48.5 Å². The number of hydrogen-bond donors (Lipinski definition) is 2. The highest BCUT2D eigenvalue weighted by molar-refractivity contribution is 6.04. The number of anilines is 4. The van der Waals surface area contributed by atoms with Gasteiger partial charge >= 0.3 is 0 Å². The molecule has 1 aromatic heterocycles. The lowest BCUT2D eigenvalue weighted by molar-refractivity contribution is 0.102. The molecule has 0 aliphatic rings. The van der Waals surface area contributed by atoms with Gasteiger partial charge in [0.15, 0.2) is 11.6 Å². The van der Waals surface area contributed by atoms with Crippen LogP contribution in [-0.4, -0.2) is 25.0 Å². The Morgan fingerprint density at radius 3 is 2.22 bits per heavy atom. The van der Waals surface area contributed by atoms with Gasteiger partial charge in [-0.2, -0.15) is 0 Å². The van der Waals surface area contributed by atoms with Crippen LogP contribution in [0.5, 0.6) is 0 Å². The summed E-state index contributed by atoms with van der Waals surface area (Å²) in [5.74, 6) is -1.87. The maximum absolute atomic E-state index is 13.2. The molecular formula is C20H18F2N4O. The molecular weight excluding hydrogens is 350 g/mol. The van der Waals surface area contributed by atoms with Crippen LogP contribution < -0.4 is 15.5 Å². The van der Waals surface area contributed by atoms with E-state index >= 15 is 0 Å². The molecule has 1 amide bonds. The molecule has 0 fully saturated rings. The number of carbonyl (C=O) groups excluding carboxylic acids is 1. The number of rotatable bonds is 5. The van der Waals surface area contributed by atoms with E-state index in [4.69, 9.17) is 0 Å². The first-order valence-electron chi connectivity index (χ1n) is 8.19. The van der Waals surface area contributed by atoms with Crippen LogP contribution in [-0.2, 0) is 0 Å². The lowest BCUT2D eigenvalue weighted by Gasteiger charge is -2.13.